The van der Waals surface area contributed by atoms with Crippen LogP contribution in [-0.2, 0) is 4.79 Å². The number of rotatable bonds is 6. The van der Waals surface area contributed by atoms with E-state index in [0.717, 1.165) is 24.2 Å². The van der Waals surface area contributed by atoms with Crippen molar-refractivity contribution in [3.8, 4) is 0 Å². The molecule has 138 valence electrons. The smallest absolute Gasteiger partial charge is 0.312 e. The van der Waals surface area contributed by atoms with Crippen molar-refractivity contribution >= 4 is 11.9 Å². The van der Waals surface area contributed by atoms with Gasteiger partial charge in [0, 0.05) is 32.7 Å². The summed E-state index contributed by atoms with van der Waals surface area (Å²) in [5.41, 5.74) is 7.21. The molecule has 1 aromatic rings. The first-order valence-corrected chi connectivity index (χ1v) is 8.66. The molecule has 2 atom stereocenters. The van der Waals surface area contributed by atoms with Crippen molar-refractivity contribution < 1.29 is 14.7 Å². The topological polar surface area (TPSA) is 98.9 Å². The summed E-state index contributed by atoms with van der Waals surface area (Å²) in [5.74, 6) is -0.00120. The monoisotopic (exact) mass is 348 g/mol. The van der Waals surface area contributed by atoms with Crippen LogP contribution in [0.2, 0.25) is 0 Å². The molecule has 1 heterocycles. The van der Waals surface area contributed by atoms with Crippen molar-refractivity contribution in [3.05, 3.63) is 35.4 Å². The second-order valence-electron chi connectivity index (χ2n) is 6.65. The number of benzene rings is 1. The molecule has 1 aliphatic heterocycles. The van der Waals surface area contributed by atoms with Crippen LogP contribution in [0.4, 0.5) is 4.79 Å². The van der Waals surface area contributed by atoms with Gasteiger partial charge < -0.3 is 21.1 Å². The standard InChI is InChI=1S/C18H28N4O3/c1-13-5-3-4-6-15(13)16(20-18(19)25)11-17(24)22-9-7-21(8-10-22)12-14(2)23/h3-6,14,16,23H,7-12H2,1-2H3,(H3,19,20,25)/t14-,16-/m0/s1. The summed E-state index contributed by atoms with van der Waals surface area (Å²) in [6.07, 6.45) is -0.183. The molecular weight excluding hydrogens is 320 g/mol. The number of aryl methyl sites for hydroxylation is 1. The van der Waals surface area contributed by atoms with Crippen LogP contribution in [0.1, 0.15) is 30.5 Å². The zero-order valence-corrected chi connectivity index (χ0v) is 14.9. The van der Waals surface area contributed by atoms with Crippen LogP contribution in [0.15, 0.2) is 24.3 Å². The third-order valence-corrected chi connectivity index (χ3v) is 4.51. The van der Waals surface area contributed by atoms with E-state index in [-0.39, 0.29) is 18.4 Å². The second-order valence-corrected chi connectivity index (χ2v) is 6.65. The number of nitrogens with one attached hydrogen (secondary N) is 1. The predicted molar refractivity (Wildman–Crippen MR) is 96.0 cm³/mol. The molecule has 1 saturated heterocycles. The van der Waals surface area contributed by atoms with Gasteiger partial charge in [-0.25, -0.2) is 4.79 Å². The van der Waals surface area contributed by atoms with Crippen molar-refractivity contribution in [1.29, 1.82) is 0 Å². The molecule has 0 radical (unpaired) electrons. The highest BCUT2D eigenvalue weighted by atomic mass is 16.3. The summed E-state index contributed by atoms with van der Waals surface area (Å²) in [7, 11) is 0. The van der Waals surface area contributed by atoms with E-state index in [1.54, 1.807) is 6.92 Å². The van der Waals surface area contributed by atoms with Crippen molar-refractivity contribution in [1.82, 2.24) is 15.1 Å². The van der Waals surface area contributed by atoms with E-state index in [4.69, 9.17) is 5.73 Å². The molecule has 0 bridgehead atoms. The summed E-state index contributed by atoms with van der Waals surface area (Å²) < 4.78 is 0. The summed E-state index contributed by atoms with van der Waals surface area (Å²) >= 11 is 0. The van der Waals surface area contributed by atoms with Crippen LogP contribution < -0.4 is 11.1 Å². The number of nitrogens with two attached hydrogens (primary N) is 1. The fourth-order valence-corrected chi connectivity index (χ4v) is 3.25. The van der Waals surface area contributed by atoms with Gasteiger partial charge >= 0.3 is 6.03 Å². The molecule has 0 aliphatic carbocycles. The maximum atomic E-state index is 12.7. The Bertz CT molecular complexity index is 598. The summed E-state index contributed by atoms with van der Waals surface area (Å²) in [4.78, 5) is 28.0. The van der Waals surface area contributed by atoms with E-state index >= 15 is 0 Å². The third kappa shape index (κ3) is 5.72. The molecule has 0 spiro atoms. The molecule has 25 heavy (non-hydrogen) atoms. The van der Waals surface area contributed by atoms with Crippen LogP contribution in [-0.4, -0.2) is 65.7 Å². The minimum Gasteiger partial charge on any atom is -0.392 e. The average molecular weight is 348 g/mol. The number of carbonyl (C=O) groups excluding carboxylic acids is 2. The third-order valence-electron chi connectivity index (χ3n) is 4.51. The normalized spacial score (nSPS) is 17.8. The van der Waals surface area contributed by atoms with Crippen LogP contribution in [0.25, 0.3) is 0 Å². The van der Waals surface area contributed by atoms with Crippen LogP contribution in [0.5, 0.6) is 0 Å². The molecule has 1 aliphatic rings. The van der Waals surface area contributed by atoms with E-state index in [1.807, 2.05) is 36.1 Å². The van der Waals surface area contributed by atoms with Crippen molar-refractivity contribution in [2.75, 3.05) is 32.7 Å². The molecule has 0 unspecified atom stereocenters. The van der Waals surface area contributed by atoms with Crippen molar-refractivity contribution in [2.45, 2.75) is 32.4 Å². The van der Waals surface area contributed by atoms with Gasteiger partial charge in [-0.15, -0.1) is 0 Å². The predicted octanol–water partition coefficient (Wildman–Crippen LogP) is 0.620. The number of hydrogen-bond acceptors (Lipinski definition) is 4. The molecule has 7 heteroatoms. The van der Waals surface area contributed by atoms with E-state index in [2.05, 4.69) is 10.2 Å². The largest absolute Gasteiger partial charge is 0.392 e. The number of aliphatic hydroxyl groups excluding tert-OH is 1. The lowest BCUT2D eigenvalue weighted by Gasteiger charge is -2.36. The van der Waals surface area contributed by atoms with E-state index in [0.29, 0.717) is 19.6 Å². The number of piperazine rings is 1. The quantitative estimate of drug-likeness (QED) is 0.702. The lowest BCUT2D eigenvalue weighted by molar-refractivity contribution is -0.133. The first-order chi connectivity index (χ1) is 11.9. The van der Waals surface area contributed by atoms with Crippen molar-refractivity contribution in [3.63, 3.8) is 0 Å². The summed E-state index contributed by atoms with van der Waals surface area (Å²) in [5, 5.41) is 12.2. The maximum absolute atomic E-state index is 12.7. The van der Waals surface area contributed by atoms with Gasteiger partial charge in [0.05, 0.1) is 18.6 Å². The van der Waals surface area contributed by atoms with Gasteiger partial charge in [0.2, 0.25) is 5.91 Å². The number of nitrogens with zero attached hydrogens (tertiary/aromatic N) is 2. The molecule has 0 aromatic heterocycles. The fraction of sp³-hybridized carbons (Fsp3) is 0.556. The molecule has 3 amide bonds. The Hall–Kier alpha value is -2.12. The fourth-order valence-electron chi connectivity index (χ4n) is 3.25. The average Bonchev–Trinajstić information content (AvgIpc) is 2.54. The zero-order valence-electron chi connectivity index (χ0n) is 14.9. The number of amides is 3. The van der Waals surface area contributed by atoms with Crippen LogP contribution >= 0.6 is 0 Å². The molecule has 7 nitrogen and oxygen atoms in total. The zero-order chi connectivity index (χ0) is 18.4. The van der Waals surface area contributed by atoms with E-state index in [1.165, 1.54) is 0 Å². The highest BCUT2D eigenvalue weighted by Gasteiger charge is 2.25. The van der Waals surface area contributed by atoms with Gasteiger partial charge in [0.25, 0.3) is 0 Å². The number of β-amino-alcohol motifs (C(OH)–C–C–N with tert-alkyl or cyclic N) is 1. The number of hydrogen-bond donors (Lipinski definition) is 3. The number of urea groups is 1. The van der Waals surface area contributed by atoms with Gasteiger partial charge in [0.15, 0.2) is 0 Å². The molecule has 1 aromatic carbocycles. The van der Waals surface area contributed by atoms with E-state index < -0.39 is 12.1 Å². The van der Waals surface area contributed by atoms with Crippen molar-refractivity contribution in [2.24, 2.45) is 5.73 Å². The maximum Gasteiger partial charge on any atom is 0.312 e. The van der Waals surface area contributed by atoms with Gasteiger partial charge in [-0.1, -0.05) is 24.3 Å². The van der Waals surface area contributed by atoms with Gasteiger partial charge in [0.1, 0.15) is 0 Å². The number of carbonyl (C=O) groups is 2. The number of aliphatic hydroxyl groups is 1. The SMILES string of the molecule is Cc1ccccc1[C@H](CC(=O)N1CCN(C[C@H](C)O)CC1)NC(N)=O. The first-order valence-electron chi connectivity index (χ1n) is 8.66. The molecular formula is C18H28N4O3. The first kappa shape index (κ1) is 19.2. The Morgan fingerprint density at radius 2 is 1.88 bits per heavy atom. The highest BCUT2D eigenvalue weighted by molar-refractivity contribution is 5.79. The Morgan fingerprint density at radius 1 is 1.24 bits per heavy atom. The van der Waals surface area contributed by atoms with Crippen LogP contribution in [0, 0.1) is 6.92 Å². The molecule has 0 saturated carbocycles. The second kappa shape index (κ2) is 8.82. The number of primary amides is 1. The van der Waals surface area contributed by atoms with Gasteiger partial charge in [-0.05, 0) is 25.0 Å². The van der Waals surface area contributed by atoms with Gasteiger partial charge in [-0.3, -0.25) is 9.69 Å². The summed E-state index contributed by atoms with van der Waals surface area (Å²) in [6, 6.07) is 6.60. The Morgan fingerprint density at radius 3 is 2.44 bits per heavy atom. The van der Waals surface area contributed by atoms with Crippen LogP contribution in [0.3, 0.4) is 0 Å². The highest BCUT2D eigenvalue weighted by Crippen LogP contribution is 2.22. The Kier molecular flexibility index (Phi) is 6.78. The molecule has 4 N–H and O–H groups in total. The summed E-state index contributed by atoms with van der Waals surface area (Å²) in [6.45, 7) is 7.08. The lowest BCUT2D eigenvalue weighted by Crippen LogP contribution is -2.50. The molecule has 1 fully saturated rings. The Labute approximate surface area is 148 Å². The van der Waals surface area contributed by atoms with Gasteiger partial charge in [-0.2, -0.15) is 0 Å². The minimum atomic E-state index is -0.636. The Balaban J connectivity index is 1.98. The van der Waals surface area contributed by atoms with E-state index in [9.17, 15) is 14.7 Å². The minimum absolute atomic E-state index is 0.00120. The lowest BCUT2D eigenvalue weighted by atomic mass is 9.98. The molecule has 2 rings (SSSR count).